The molecule has 0 N–H and O–H groups in total. The van der Waals surface area contributed by atoms with Gasteiger partial charge >= 0.3 is 0 Å². The number of hydrogen-bond acceptors (Lipinski definition) is 3. The maximum absolute atomic E-state index is 5.44. The first kappa shape index (κ1) is 13.7. The molecular formula is C17H26N2O. The molecule has 3 heteroatoms. The minimum absolute atomic E-state index is 0.820. The number of methoxy groups -OCH3 is 1. The van der Waals surface area contributed by atoms with E-state index in [-0.39, 0.29) is 0 Å². The molecule has 0 aliphatic carbocycles. The second kappa shape index (κ2) is 6.04. The van der Waals surface area contributed by atoms with Gasteiger partial charge in [0.1, 0.15) is 5.75 Å². The monoisotopic (exact) mass is 274 g/mol. The van der Waals surface area contributed by atoms with Crippen LogP contribution < -0.4 is 9.64 Å². The van der Waals surface area contributed by atoms with Gasteiger partial charge in [-0.05, 0) is 57.3 Å². The number of rotatable bonds is 3. The van der Waals surface area contributed by atoms with Gasteiger partial charge in [-0.1, -0.05) is 6.07 Å². The van der Waals surface area contributed by atoms with Crippen LogP contribution in [-0.4, -0.2) is 44.2 Å². The van der Waals surface area contributed by atoms with Gasteiger partial charge in [0.05, 0.1) is 7.11 Å². The Labute approximate surface area is 122 Å². The van der Waals surface area contributed by atoms with Crippen LogP contribution in [0.25, 0.3) is 0 Å². The Kier molecular flexibility index (Phi) is 4.16. The molecule has 3 rings (SSSR count). The molecule has 3 nitrogen and oxygen atoms in total. The van der Waals surface area contributed by atoms with Crippen LogP contribution in [-0.2, 0) is 0 Å². The fraction of sp³-hybridized carbons (Fsp3) is 0.647. The van der Waals surface area contributed by atoms with Gasteiger partial charge in [-0.25, -0.2) is 0 Å². The molecule has 1 aromatic rings. The van der Waals surface area contributed by atoms with Crippen molar-refractivity contribution in [3.63, 3.8) is 0 Å². The lowest BCUT2D eigenvalue weighted by Gasteiger charge is -2.38. The third kappa shape index (κ3) is 2.78. The van der Waals surface area contributed by atoms with Crippen molar-refractivity contribution < 1.29 is 4.74 Å². The first-order valence-corrected chi connectivity index (χ1v) is 7.91. The van der Waals surface area contributed by atoms with E-state index in [1.54, 1.807) is 7.11 Å². The average molecular weight is 274 g/mol. The predicted octanol–water partition coefficient (Wildman–Crippen LogP) is 3.07. The largest absolute Gasteiger partial charge is 0.496 e. The number of hydrogen-bond donors (Lipinski definition) is 0. The highest BCUT2D eigenvalue weighted by atomic mass is 16.5. The summed E-state index contributed by atoms with van der Waals surface area (Å²) in [5.74, 6) is 1.00. The highest BCUT2D eigenvalue weighted by molar-refractivity contribution is 5.53. The lowest BCUT2D eigenvalue weighted by molar-refractivity contribution is 0.208. The lowest BCUT2D eigenvalue weighted by Crippen LogP contribution is -2.43. The first-order valence-electron chi connectivity index (χ1n) is 7.91. The lowest BCUT2D eigenvalue weighted by atomic mass is 10.0. The number of nitrogens with zero attached hydrogens (tertiary/aromatic N) is 2. The highest BCUT2D eigenvalue weighted by Gasteiger charge is 2.26. The third-order valence-electron chi connectivity index (χ3n) is 4.88. The van der Waals surface area contributed by atoms with Crippen molar-refractivity contribution in [1.82, 2.24) is 4.90 Å². The van der Waals surface area contributed by atoms with E-state index < -0.39 is 0 Å². The molecule has 0 spiro atoms. The summed E-state index contributed by atoms with van der Waals surface area (Å²) in [5.41, 5.74) is 2.52. The van der Waals surface area contributed by atoms with Crippen molar-refractivity contribution in [2.24, 2.45) is 0 Å². The Bertz CT molecular complexity index is 446. The van der Waals surface area contributed by atoms with E-state index >= 15 is 0 Å². The molecule has 0 saturated carbocycles. The fourth-order valence-corrected chi connectivity index (χ4v) is 3.60. The zero-order valence-electron chi connectivity index (χ0n) is 12.8. The second-order valence-corrected chi connectivity index (χ2v) is 6.12. The van der Waals surface area contributed by atoms with E-state index in [2.05, 4.69) is 34.9 Å². The summed E-state index contributed by atoms with van der Waals surface area (Å²) in [6.45, 7) is 7.09. The van der Waals surface area contributed by atoms with E-state index in [4.69, 9.17) is 4.74 Å². The van der Waals surface area contributed by atoms with E-state index in [1.807, 2.05) is 0 Å². The van der Waals surface area contributed by atoms with Crippen LogP contribution in [0.4, 0.5) is 5.69 Å². The van der Waals surface area contributed by atoms with Crippen LogP contribution in [0.2, 0.25) is 0 Å². The van der Waals surface area contributed by atoms with Crippen molar-refractivity contribution in [3.8, 4) is 5.75 Å². The zero-order chi connectivity index (χ0) is 13.9. The number of benzene rings is 1. The van der Waals surface area contributed by atoms with E-state index in [0.717, 1.165) is 11.8 Å². The molecule has 0 bridgehead atoms. The number of piperidine rings is 1. The summed E-state index contributed by atoms with van der Waals surface area (Å²) in [6.07, 6.45) is 5.40. The third-order valence-corrected chi connectivity index (χ3v) is 4.88. The van der Waals surface area contributed by atoms with Gasteiger partial charge in [0.15, 0.2) is 0 Å². The quantitative estimate of drug-likeness (QED) is 0.842. The van der Waals surface area contributed by atoms with Gasteiger partial charge < -0.3 is 14.5 Å². The van der Waals surface area contributed by atoms with Gasteiger partial charge in [-0.3, -0.25) is 0 Å². The van der Waals surface area contributed by atoms with Crippen LogP contribution in [0.15, 0.2) is 18.2 Å². The average Bonchev–Trinajstić information content (AvgIpc) is 3.02. The van der Waals surface area contributed by atoms with Crippen molar-refractivity contribution >= 4 is 5.69 Å². The molecule has 0 radical (unpaired) electrons. The van der Waals surface area contributed by atoms with Crippen LogP contribution in [0.3, 0.4) is 0 Å². The first-order chi connectivity index (χ1) is 9.78. The Morgan fingerprint density at radius 1 is 1.05 bits per heavy atom. The van der Waals surface area contributed by atoms with Crippen LogP contribution in [0.1, 0.15) is 31.2 Å². The maximum Gasteiger partial charge on any atom is 0.123 e. The Morgan fingerprint density at radius 3 is 2.40 bits per heavy atom. The molecule has 2 saturated heterocycles. The molecule has 0 aromatic heterocycles. The highest BCUT2D eigenvalue weighted by Crippen LogP contribution is 2.28. The Balaban J connectivity index is 1.62. The molecule has 0 unspecified atom stereocenters. The smallest absolute Gasteiger partial charge is 0.123 e. The molecule has 2 aliphatic rings. The number of likely N-dealkylation sites (tertiary alicyclic amines) is 1. The minimum Gasteiger partial charge on any atom is -0.496 e. The standard InChI is InChI=1S/C17H26N2O/c1-14-5-6-16(13-17(14)20-2)19-11-7-15(8-12-19)18-9-3-4-10-18/h5-6,13,15H,3-4,7-12H2,1-2H3. The number of ether oxygens (including phenoxy) is 1. The number of anilines is 1. The molecule has 110 valence electrons. The molecule has 2 fully saturated rings. The van der Waals surface area contributed by atoms with Crippen molar-refractivity contribution in [2.75, 3.05) is 38.2 Å². The van der Waals surface area contributed by atoms with E-state index in [9.17, 15) is 0 Å². The molecule has 1 aromatic carbocycles. The molecule has 2 aliphatic heterocycles. The minimum atomic E-state index is 0.820. The summed E-state index contributed by atoms with van der Waals surface area (Å²) in [7, 11) is 1.76. The van der Waals surface area contributed by atoms with Crippen LogP contribution >= 0.6 is 0 Å². The summed E-state index contributed by atoms with van der Waals surface area (Å²) in [4.78, 5) is 5.21. The van der Waals surface area contributed by atoms with Gasteiger partial charge in [-0.2, -0.15) is 0 Å². The fourth-order valence-electron chi connectivity index (χ4n) is 3.60. The van der Waals surface area contributed by atoms with Crippen molar-refractivity contribution in [1.29, 1.82) is 0 Å². The van der Waals surface area contributed by atoms with Gasteiger partial charge in [-0.15, -0.1) is 0 Å². The van der Waals surface area contributed by atoms with Crippen LogP contribution in [0.5, 0.6) is 5.75 Å². The number of aryl methyl sites for hydroxylation is 1. The van der Waals surface area contributed by atoms with Gasteiger partial charge in [0, 0.05) is 30.9 Å². The molecular weight excluding hydrogens is 248 g/mol. The maximum atomic E-state index is 5.44. The SMILES string of the molecule is COc1cc(N2CCC(N3CCCC3)CC2)ccc1C. The van der Waals surface area contributed by atoms with E-state index in [0.29, 0.717) is 0 Å². The van der Waals surface area contributed by atoms with Crippen molar-refractivity contribution in [3.05, 3.63) is 23.8 Å². The molecule has 2 heterocycles. The zero-order valence-corrected chi connectivity index (χ0v) is 12.8. The Hall–Kier alpha value is -1.22. The summed E-state index contributed by atoms with van der Waals surface area (Å²) < 4.78 is 5.44. The van der Waals surface area contributed by atoms with E-state index in [1.165, 1.54) is 63.1 Å². The van der Waals surface area contributed by atoms with Crippen molar-refractivity contribution in [2.45, 2.75) is 38.6 Å². The normalized spacial score (nSPS) is 21.4. The van der Waals surface area contributed by atoms with Crippen LogP contribution in [0, 0.1) is 6.92 Å². The second-order valence-electron chi connectivity index (χ2n) is 6.12. The topological polar surface area (TPSA) is 15.7 Å². The summed E-state index contributed by atoms with van der Waals surface area (Å²) in [6, 6.07) is 7.40. The summed E-state index contributed by atoms with van der Waals surface area (Å²) in [5, 5.41) is 0. The molecule has 20 heavy (non-hydrogen) atoms. The Morgan fingerprint density at radius 2 is 1.75 bits per heavy atom. The van der Waals surface area contributed by atoms with Gasteiger partial charge in [0.2, 0.25) is 0 Å². The molecule has 0 atom stereocenters. The predicted molar refractivity (Wildman–Crippen MR) is 83.8 cm³/mol. The van der Waals surface area contributed by atoms with Gasteiger partial charge in [0.25, 0.3) is 0 Å². The molecule has 0 amide bonds. The summed E-state index contributed by atoms with van der Waals surface area (Å²) >= 11 is 0.